The standard InChI is InChI=1S/C14H15NO/c1-11-9-12(7-8-14(11)16)10-15-13-5-3-2-4-6-13/h2-9,15-16H,10H2,1H3. The fourth-order valence-electron chi connectivity index (χ4n) is 1.59. The zero-order valence-electron chi connectivity index (χ0n) is 9.27. The van der Waals surface area contributed by atoms with Gasteiger partial charge in [-0.1, -0.05) is 30.3 Å². The lowest BCUT2D eigenvalue weighted by atomic mass is 10.1. The molecule has 2 rings (SSSR count). The summed E-state index contributed by atoms with van der Waals surface area (Å²) in [5.74, 6) is 0.350. The highest BCUT2D eigenvalue weighted by Crippen LogP contribution is 2.17. The van der Waals surface area contributed by atoms with Crippen LogP contribution in [0.3, 0.4) is 0 Å². The number of hydrogen-bond donors (Lipinski definition) is 2. The molecule has 0 aliphatic rings. The highest BCUT2D eigenvalue weighted by molar-refractivity contribution is 5.44. The molecule has 0 radical (unpaired) electrons. The van der Waals surface area contributed by atoms with E-state index in [0.29, 0.717) is 5.75 Å². The molecule has 2 N–H and O–H groups in total. The van der Waals surface area contributed by atoms with E-state index in [4.69, 9.17) is 0 Å². The van der Waals surface area contributed by atoms with Gasteiger partial charge in [-0.15, -0.1) is 0 Å². The van der Waals surface area contributed by atoms with Gasteiger partial charge in [0.25, 0.3) is 0 Å². The summed E-state index contributed by atoms with van der Waals surface area (Å²) in [6.45, 7) is 2.67. The lowest BCUT2D eigenvalue weighted by Gasteiger charge is -2.07. The monoisotopic (exact) mass is 213 g/mol. The summed E-state index contributed by atoms with van der Waals surface area (Å²) in [7, 11) is 0. The summed E-state index contributed by atoms with van der Waals surface area (Å²) in [5, 5.41) is 12.7. The number of phenolic OH excluding ortho intramolecular Hbond substituents is 1. The minimum Gasteiger partial charge on any atom is -0.508 e. The number of para-hydroxylation sites is 1. The zero-order chi connectivity index (χ0) is 11.4. The number of hydrogen-bond acceptors (Lipinski definition) is 2. The molecule has 0 saturated heterocycles. The Morgan fingerprint density at radius 3 is 2.50 bits per heavy atom. The van der Waals surface area contributed by atoms with E-state index in [1.165, 1.54) is 5.56 Å². The van der Waals surface area contributed by atoms with Crippen LogP contribution in [0.15, 0.2) is 48.5 Å². The van der Waals surface area contributed by atoms with E-state index in [9.17, 15) is 5.11 Å². The van der Waals surface area contributed by atoms with Crippen LogP contribution in [0.4, 0.5) is 5.69 Å². The van der Waals surface area contributed by atoms with Crippen LogP contribution in [0.25, 0.3) is 0 Å². The van der Waals surface area contributed by atoms with Crippen molar-refractivity contribution < 1.29 is 5.11 Å². The molecule has 82 valence electrons. The topological polar surface area (TPSA) is 32.3 Å². The third kappa shape index (κ3) is 2.54. The molecule has 0 bridgehead atoms. The molecule has 0 fully saturated rings. The van der Waals surface area contributed by atoms with E-state index in [1.807, 2.05) is 49.4 Å². The van der Waals surface area contributed by atoms with E-state index in [0.717, 1.165) is 17.8 Å². The summed E-state index contributed by atoms with van der Waals surface area (Å²) in [5.41, 5.74) is 3.18. The summed E-state index contributed by atoms with van der Waals surface area (Å²) < 4.78 is 0. The first-order valence-electron chi connectivity index (χ1n) is 5.33. The van der Waals surface area contributed by atoms with Crippen LogP contribution in [0, 0.1) is 6.92 Å². The molecule has 0 saturated carbocycles. The van der Waals surface area contributed by atoms with Gasteiger partial charge in [-0.25, -0.2) is 0 Å². The van der Waals surface area contributed by atoms with Gasteiger partial charge >= 0.3 is 0 Å². The van der Waals surface area contributed by atoms with Crippen molar-refractivity contribution in [1.29, 1.82) is 0 Å². The Bertz CT molecular complexity index is 465. The molecule has 2 aromatic carbocycles. The van der Waals surface area contributed by atoms with Gasteiger partial charge in [0, 0.05) is 12.2 Å². The second-order valence-corrected chi connectivity index (χ2v) is 3.84. The molecule has 2 aromatic rings. The van der Waals surface area contributed by atoms with Crippen LogP contribution in [-0.2, 0) is 6.54 Å². The van der Waals surface area contributed by atoms with Gasteiger partial charge in [0.05, 0.1) is 0 Å². The smallest absolute Gasteiger partial charge is 0.118 e. The number of nitrogens with one attached hydrogen (secondary N) is 1. The van der Waals surface area contributed by atoms with E-state index in [-0.39, 0.29) is 0 Å². The van der Waals surface area contributed by atoms with Crippen molar-refractivity contribution >= 4 is 5.69 Å². The number of aromatic hydroxyl groups is 1. The Balaban J connectivity index is 2.03. The molecule has 0 spiro atoms. The third-order valence-corrected chi connectivity index (χ3v) is 2.53. The maximum absolute atomic E-state index is 9.41. The normalized spacial score (nSPS) is 10.1. The van der Waals surface area contributed by atoms with Crippen LogP contribution >= 0.6 is 0 Å². The molecular weight excluding hydrogens is 198 g/mol. The maximum Gasteiger partial charge on any atom is 0.118 e. The lowest BCUT2D eigenvalue weighted by Crippen LogP contribution is -1.99. The number of phenols is 1. The quantitative estimate of drug-likeness (QED) is 0.819. The van der Waals surface area contributed by atoms with Gasteiger partial charge in [-0.3, -0.25) is 0 Å². The molecule has 0 unspecified atom stereocenters. The number of rotatable bonds is 3. The fourth-order valence-corrected chi connectivity index (χ4v) is 1.59. The summed E-state index contributed by atoms with van der Waals surface area (Å²) in [6, 6.07) is 15.7. The predicted molar refractivity (Wildman–Crippen MR) is 66.6 cm³/mol. The molecular formula is C14H15NO. The largest absolute Gasteiger partial charge is 0.508 e. The first-order valence-corrected chi connectivity index (χ1v) is 5.33. The average molecular weight is 213 g/mol. The van der Waals surface area contributed by atoms with Gasteiger partial charge < -0.3 is 10.4 Å². The van der Waals surface area contributed by atoms with Crippen molar-refractivity contribution in [1.82, 2.24) is 0 Å². The van der Waals surface area contributed by atoms with Gasteiger partial charge in [0.1, 0.15) is 5.75 Å². The van der Waals surface area contributed by atoms with Gasteiger partial charge in [0.15, 0.2) is 0 Å². The van der Waals surface area contributed by atoms with Crippen molar-refractivity contribution in [2.24, 2.45) is 0 Å². The zero-order valence-corrected chi connectivity index (χ0v) is 9.27. The second-order valence-electron chi connectivity index (χ2n) is 3.84. The van der Waals surface area contributed by atoms with Gasteiger partial charge in [-0.05, 0) is 36.2 Å². The van der Waals surface area contributed by atoms with Crippen LogP contribution in [0.1, 0.15) is 11.1 Å². The highest BCUT2D eigenvalue weighted by atomic mass is 16.3. The highest BCUT2D eigenvalue weighted by Gasteiger charge is 1.98. The van der Waals surface area contributed by atoms with Crippen molar-refractivity contribution in [2.45, 2.75) is 13.5 Å². The molecule has 0 heterocycles. The summed E-state index contributed by atoms with van der Waals surface area (Å²) in [6.07, 6.45) is 0. The lowest BCUT2D eigenvalue weighted by molar-refractivity contribution is 0.471. The Morgan fingerprint density at radius 2 is 1.81 bits per heavy atom. The summed E-state index contributed by atoms with van der Waals surface area (Å²) >= 11 is 0. The van der Waals surface area contributed by atoms with Crippen LogP contribution in [0.5, 0.6) is 5.75 Å². The van der Waals surface area contributed by atoms with Gasteiger partial charge in [0.2, 0.25) is 0 Å². The van der Waals surface area contributed by atoms with Crippen LogP contribution < -0.4 is 5.32 Å². The van der Waals surface area contributed by atoms with Crippen molar-refractivity contribution in [2.75, 3.05) is 5.32 Å². The van der Waals surface area contributed by atoms with Crippen molar-refractivity contribution in [3.05, 3.63) is 59.7 Å². The van der Waals surface area contributed by atoms with E-state index in [2.05, 4.69) is 5.32 Å². The molecule has 0 aliphatic carbocycles. The minimum atomic E-state index is 0.350. The van der Waals surface area contributed by atoms with Crippen LogP contribution in [0.2, 0.25) is 0 Å². The average Bonchev–Trinajstić information content (AvgIpc) is 2.32. The maximum atomic E-state index is 9.41. The van der Waals surface area contributed by atoms with E-state index in [1.54, 1.807) is 6.07 Å². The Hall–Kier alpha value is -1.96. The Kier molecular flexibility index (Phi) is 3.10. The molecule has 2 heteroatoms. The number of anilines is 1. The summed E-state index contributed by atoms with van der Waals surface area (Å²) in [4.78, 5) is 0. The molecule has 0 aliphatic heterocycles. The fraction of sp³-hybridized carbons (Fsp3) is 0.143. The molecule has 0 aromatic heterocycles. The number of aryl methyl sites for hydroxylation is 1. The predicted octanol–water partition coefficient (Wildman–Crippen LogP) is 3.31. The van der Waals surface area contributed by atoms with Crippen molar-refractivity contribution in [3.8, 4) is 5.75 Å². The first-order chi connectivity index (χ1) is 7.75. The SMILES string of the molecule is Cc1cc(CNc2ccccc2)ccc1O. The molecule has 2 nitrogen and oxygen atoms in total. The molecule has 0 amide bonds. The van der Waals surface area contributed by atoms with E-state index >= 15 is 0 Å². The van der Waals surface area contributed by atoms with Gasteiger partial charge in [-0.2, -0.15) is 0 Å². The number of benzene rings is 2. The minimum absolute atomic E-state index is 0.350. The second kappa shape index (κ2) is 4.71. The third-order valence-electron chi connectivity index (χ3n) is 2.53. The Labute approximate surface area is 95.6 Å². The first kappa shape index (κ1) is 10.6. The molecule has 16 heavy (non-hydrogen) atoms. The van der Waals surface area contributed by atoms with Crippen molar-refractivity contribution in [3.63, 3.8) is 0 Å². The Morgan fingerprint density at radius 1 is 1.06 bits per heavy atom. The van der Waals surface area contributed by atoms with E-state index < -0.39 is 0 Å². The molecule has 0 atom stereocenters. The van der Waals surface area contributed by atoms with Crippen LogP contribution in [-0.4, -0.2) is 5.11 Å².